The molecule has 128 valence electrons. The highest BCUT2D eigenvalue weighted by Crippen LogP contribution is 2.39. The van der Waals surface area contributed by atoms with E-state index in [2.05, 4.69) is 5.10 Å². The van der Waals surface area contributed by atoms with Crippen LogP contribution in [0.25, 0.3) is 0 Å². The van der Waals surface area contributed by atoms with Crippen molar-refractivity contribution < 1.29 is 13.2 Å². The van der Waals surface area contributed by atoms with Crippen molar-refractivity contribution in [1.29, 1.82) is 0 Å². The second-order valence-electron chi connectivity index (χ2n) is 7.01. The lowest BCUT2D eigenvalue weighted by Crippen LogP contribution is -2.54. The van der Waals surface area contributed by atoms with Crippen LogP contribution in [0.1, 0.15) is 44.1 Å². The van der Waals surface area contributed by atoms with Crippen molar-refractivity contribution in [2.45, 2.75) is 62.8 Å². The second-order valence-corrected chi connectivity index (χ2v) is 9.33. The Morgan fingerprint density at radius 3 is 2.61 bits per heavy atom. The Balaban J connectivity index is 1.82. The van der Waals surface area contributed by atoms with Gasteiger partial charge in [-0.1, -0.05) is 12.8 Å². The minimum Gasteiger partial charge on any atom is -0.336 e. The molecule has 1 saturated heterocycles. The van der Waals surface area contributed by atoms with Gasteiger partial charge in [0.05, 0.1) is 18.8 Å². The van der Waals surface area contributed by atoms with Gasteiger partial charge in [0.25, 0.3) is 0 Å². The summed E-state index contributed by atoms with van der Waals surface area (Å²) in [6, 6.07) is 0.0426. The summed E-state index contributed by atoms with van der Waals surface area (Å²) >= 11 is 0. The normalized spacial score (nSPS) is 24.3. The van der Waals surface area contributed by atoms with Crippen molar-refractivity contribution in [2.75, 3.05) is 12.8 Å². The van der Waals surface area contributed by atoms with E-state index in [0.717, 1.165) is 31.2 Å². The summed E-state index contributed by atoms with van der Waals surface area (Å²) in [4.78, 5) is 14.9. The highest BCUT2D eigenvalue weighted by atomic mass is 32.2. The molecule has 2 aliphatic rings. The maximum atomic E-state index is 13.1. The molecule has 1 aromatic heterocycles. The van der Waals surface area contributed by atoms with Gasteiger partial charge in [-0.25, -0.2) is 8.42 Å². The lowest BCUT2D eigenvalue weighted by Gasteiger charge is -2.34. The maximum Gasteiger partial charge on any atom is 0.244 e. The van der Waals surface area contributed by atoms with Crippen molar-refractivity contribution in [3.8, 4) is 0 Å². The van der Waals surface area contributed by atoms with E-state index in [-0.39, 0.29) is 11.9 Å². The zero-order chi connectivity index (χ0) is 16.7. The summed E-state index contributed by atoms with van der Waals surface area (Å²) in [5.74, 6) is -0.177. The van der Waals surface area contributed by atoms with Gasteiger partial charge in [0.1, 0.15) is 0 Å². The predicted molar refractivity (Wildman–Crippen MR) is 87.7 cm³/mol. The van der Waals surface area contributed by atoms with Crippen LogP contribution in [0.15, 0.2) is 12.4 Å². The first-order valence-corrected chi connectivity index (χ1v) is 10.2. The van der Waals surface area contributed by atoms with E-state index in [0.29, 0.717) is 25.9 Å². The van der Waals surface area contributed by atoms with Crippen LogP contribution in [0.3, 0.4) is 0 Å². The molecule has 7 heteroatoms. The number of likely N-dealkylation sites (tertiary alicyclic amines) is 1. The van der Waals surface area contributed by atoms with Crippen LogP contribution in [0.5, 0.6) is 0 Å². The van der Waals surface area contributed by atoms with Crippen LogP contribution in [-0.4, -0.2) is 52.6 Å². The van der Waals surface area contributed by atoms with Gasteiger partial charge >= 0.3 is 0 Å². The van der Waals surface area contributed by atoms with Gasteiger partial charge in [0, 0.05) is 19.0 Å². The number of aromatic nitrogens is 2. The van der Waals surface area contributed by atoms with Crippen LogP contribution in [0, 0.1) is 6.92 Å². The molecule has 3 rings (SSSR count). The van der Waals surface area contributed by atoms with Gasteiger partial charge in [-0.2, -0.15) is 5.10 Å². The average Bonchev–Trinajstić information content (AvgIpc) is 3.18. The topological polar surface area (TPSA) is 72.3 Å². The number of aryl methyl sites for hydroxylation is 1. The third kappa shape index (κ3) is 2.91. The number of sulfone groups is 1. The Bertz CT molecular complexity index is 689. The first-order chi connectivity index (χ1) is 10.8. The van der Waals surface area contributed by atoms with Crippen molar-refractivity contribution in [1.82, 2.24) is 14.7 Å². The van der Waals surface area contributed by atoms with E-state index >= 15 is 0 Å². The van der Waals surface area contributed by atoms with Crippen molar-refractivity contribution in [2.24, 2.45) is 0 Å². The van der Waals surface area contributed by atoms with Crippen molar-refractivity contribution in [3.05, 3.63) is 18.0 Å². The summed E-state index contributed by atoms with van der Waals surface area (Å²) < 4.78 is 25.4. The van der Waals surface area contributed by atoms with Crippen LogP contribution >= 0.6 is 0 Å². The second kappa shape index (κ2) is 5.92. The molecule has 23 heavy (non-hydrogen) atoms. The first kappa shape index (κ1) is 16.5. The number of hydrogen-bond donors (Lipinski definition) is 0. The number of rotatable bonds is 4. The molecule has 0 radical (unpaired) electrons. The fraction of sp³-hybridized carbons (Fsp3) is 0.750. The largest absolute Gasteiger partial charge is 0.336 e. The van der Waals surface area contributed by atoms with Gasteiger partial charge in [-0.15, -0.1) is 0 Å². The number of carbonyl (C=O) groups excluding carboxylic acids is 1. The molecule has 2 fully saturated rings. The quantitative estimate of drug-likeness (QED) is 0.834. The number of hydrogen-bond acceptors (Lipinski definition) is 4. The molecule has 0 spiro atoms. The molecule has 0 bridgehead atoms. The molecule has 1 aromatic rings. The third-order valence-electron chi connectivity index (χ3n) is 5.31. The van der Waals surface area contributed by atoms with E-state index in [1.807, 2.05) is 22.7 Å². The van der Waals surface area contributed by atoms with Crippen molar-refractivity contribution >= 4 is 15.7 Å². The van der Waals surface area contributed by atoms with Crippen molar-refractivity contribution in [3.63, 3.8) is 0 Å². The molecule has 1 saturated carbocycles. The average molecular weight is 339 g/mol. The minimum absolute atomic E-state index is 0.0426. The highest BCUT2D eigenvalue weighted by Gasteiger charge is 2.53. The standard InChI is InChI=1S/C16H25N3O3S/c1-13-10-17-18(11-13)12-14-6-5-9-19(14)15(20)16(23(2,21)22)7-3-4-8-16/h10-11,14H,3-9,12H2,1-2H3/t14-/m1/s1. The number of carbonyl (C=O) groups is 1. The zero-order valence-electron chi connectivity index (χ0n) is 13.9. The Hall–Kier alpha value is -1.37. The number of nitrogens with zero attached hydrogens (tertiary/aromatic N) is 3. The first-order valence-electron chi connectivity index (χ1n) is 8.33. The molecule has 6 nitrogen and oxygen atoms in total. The summed E-state index contributed by atoms with van der Waals surface area (Å²) in [5, 5.41) is 4.30. The van der Waals surface area contributed by atoms with E-state index < -0.39 is 14.6 Å². The molecule has 1 aliphatic carbocycles. The number of amides is 1. The van der Waals surface area contributed by atoms with Gasteiger partial charge in [-0.05, 0) is 38.2 Å². The van der Waals surface area contributed by atoms with E-state index in [1.165, 1.54) is 6.26 Å². The Kier molecular flexibility index (Phi) is 4.25. The summed E-state index contributed by atoms with van der Waals surface area (Å²) in [7, 11) is -3.41. The zero-order valence-corrected chi connectivity index (χ0v) is 14.7. The summed E-state index contributed by atoms with van der Waals surface area (Å²) in [6.07, 6.45) is 9.38. The molecule has 1 aliphatic heterocycles. The van der Waals surface area contributed by atoms with Crippen LogP contribution in [-0.2, 0) is 21.2 Å². The molecular weight excluding hydrogens is 314 g/mol. The molecule has 1 atom stereocenters. The smallest absolute Gasteiger partial charge is 0.244 e. The van der Waals surface area contributed by atoms with E-state index in [9.17, 15) is 13.2 Å². The maximum absolute atomic E-state index is 13.1. The summed E-state index contributed by atoms with van der Waals surface area (Å²) in [6.45, 7) is 3.28. The Morgan fingerprint density at radius 1 is 1.35 bits per heavy atom. The van der Waals surface area contributed by atoms with Crippen LogP contribution in [0.4, 0.5) is 0 Å². The van der Waals surface area contributed by atoms with Crippen LogP contribution < -0.4 is 0 Å². The van der Waals surface area contributed by atoms with Gasteiger partial charge in [-0.3, -0.25) is 9.48 Å². The lowest BCUT2D eigenvalue weighted by molar-refractivity contribution is -0.135. The third-order valence-corrected chi connectivity index (χ3v) is 7.31. The van der Waals surface area contributed by atoms with Crippen LogP contribution in [0.2, 0.25) is 0 Å². The van der Waals surface area contributed by atoms with Gasteiger partial charge < -0.3 is 4.90 Å². The Morgan fingerprint density at radius 2 is 2.04 bits per heavy atom. The molecule has 0 unspecified atom stereocenters. The molecule has 0 aromatic carbocycles. The molecular formula is C16H25N3O3S. The van der Waals surface area contributed by atoms with E-state index in [1.54, 1.807) is 6.20 Å². The predicted octanol–water partition coefficient (Wildman–Crippen LogP) is 1.54. The Labute approximate surface area is 137 Å². The SMILES string of the molecule is Cc1cnn(C[C@H]2CCCN2C(=O)C2(S(C)(=O)=O)CCCC2)c1. The highest BCUT2D eigenvalue weighted by molar-refractivity contribution is 7.92. The molecule has 1 amide bonds. The minimum atomic E-state index is -3.41. The molecule has 0 N–H and O–H groups in total. The fourth-order valence-electron chi connectivity index (χ4n) is 4.03. The summed E-state index contributed by atoms with van der Waals surface area (Å²) in [5.41, 5.74) is 1.09. The van der Waals surface area contributed by atoms with E-state index in [4.69, 9.17) is 0 Å². The lowest BCUT2D eigenvalue weighted by atomic mass is 10.0. The van der Waals surface area contributed by atoms with Gasteiger partial charge in [0.15, 0.2) is 14.6 Å². The monoisotopic (exact) mass is 339 g/mol. The molecule has 2 heterocycles. The van der Waals surface area contributed by atoms with Gasteiger partial charge in [0.2, 0.25) is 5.91 Å². The fourth-order valence-corrected chi connectivity index (χ4v) is 5.49.